The van der Waals surface area contributed by atoms with Gasteiger partial charge in [0.2, 0.25) is 0 Å². The Morgan fingerprint density at radius 1 is 1.47 bits per heavy atom. The van der Waals surface area contributed by atoms with Gasteiger partial charge in [0.15, 0.2) is 0 Å². The predicted octanol–water partition coefficient (Wildman–Crippen LogP) is 3.16. The van der Waals surface area contributed by atoms with Gasteiger partial charge in [0, 0.05) is 12.5 Å². The first-order chi connectivity index (χ1) is 9.06. The van der Waals surface area contributed by atoms with E-state index in [1.54, 1.807) is 12.3 Å². The summed E-state index contributed by atoms with van der Waals surface area (Å²) in [5, 5.41) is 11.8. The molecule has 4 nitrogen and oxygen atoms in total. The number of anilines is 1. The van der Waals surface area contributed by atoms with E-state index in [1.165, 1.54) is 12.1 Å². The van der Waals surface area contributed by atoms with E-state index in [0.29, 0.717) is 6.42 Å². The first-order valence-corrected chi connectivity index (χ1v) is 5.88. The van der Waals surface area contributed by atoms with E-state index in [4.69, 9.17) is 9.52 Å². The summed E-state index contributed by atoms with van der Waals surface area (Å²) in [6, 6.07) is 7.21. The van der Waals surface area contributed by atoms with Crippen LogP contribution in [0.1, 0.15) is 23.0 Å². The average molecular weight is 263 g/mol. The maximum Gasteiger partial charge on any atom is 0.335 e. The minimum absolute atomic E-state index is 0.0501. The van der Waals surface area contributed by atoms with Crippen LogP contribution in [-0.2, 0) is 6.42 Å². The Morgan fingerprint density at radius 3 is 2.89 bits per heavy atom. The Balaban J connectivity index is 2.09. The molecule has 0 bridgehead atoms. The van der Waals surface area contributed by atoms with Crippen LogP contribution in [-0.4, -0.2) is 17.1 Å². The summed E-state index contributed by atoms with van der Waals surface area (Å²) in [4.78, 5) is 10.8. The Morgan fingerprint density at radius 2 is 2.26 bits per heavy atom. The van der Waals surface area contributed by atoms with Crippen LogP contribution in [0.25, 0.3) is 0 Å². The van der Waals surface area contributed by atoms with Gasteiger partial charge in [-0.25, -0.2) is 9.18 Å². The molecule has 1 heterocycles. The molecule has 0 amide bonds. The topological polar surface area (TPSA) is 62.5 Å². The van der Waals surface area contributed by atoms with Crippen molar-refractivity contribution in [3.63, 3.8) is 0 Å². The summed E-state index contributed by atoms with van der Waals surface area (Å²) in [6.07, 6.45) is 2.16. The lowest BCUT2D eigenvalue weighted by atomic mass is 10.1. The third-order valence-electron chi connectivity index (χ3n) is 2.70. The van der Waals surface area contributed by atoms with Crippen molar-refractivity contribution in [2.24, 2.45) is 0 Å². The SMILES string of the molecule is CC(Cc1ccco1)Nc1cc(C(=O)O)ccc1F. The molecule has 5 heteroatoms. The van der Waals surface area contributed by atoms with Crippen LogP contribution in [0, 0.1) is 5.82 Å². The summed E-state index contributed by atoms with van der Waals surface area (Å²) in [5.41, 5.74) is 0.230. The second-order valence-corrected chi connectivity index (χ2v) is 4.33. The highest BCUT2D eigenvalue weighted by Gasteiger charge is 2.11. The number of nitrogens with one attached hydrogen (secondary N) is 1. The normalized spacial score (nSPS) is 12.1. The summed E-state index contributed by atoms with van der Waals surface area (Å²) in [7, 11) is 0. The van der Waals surface area contributed by atoms with Crippen molar-refractivity contribution in [2.45, 2.75) is 19.4 Å². The number of hydrogen-bond donors (Lipinski definition) is 2. The van der Waals surface area contributed by atoms with Crippen LogP contribution < -0.4 is 5.32 Å². The molecule has 100 valence electrons. The molecule has 0 radical (unpaired) electrons. The number of halogens is 1. The van der Waals surface area contributed by atoms with Gasteiger partial charge in [0.25, 0.3) is 0 Å². The second kappa shape index (κ2) is 5.56. The second-order valence-electron chi connectivity index (χ2n) is 4.33. The van der Waals surface area contributed by atoms with Crippen LogP contribution in [0.2, 0.25) is 0 Å². The van der Waals surface area contributed by atoms with Gasteiger partial charge in [-0.05, 0) is 37.3 Å². The van der Waals surface area contributed by atoms with Crippen molar-refractivity contribution in [2.75, 3.05) is 5.32 Å². The molecule has 0 saturated carbocycles. The van der Waals surface area contributed by atoms with E-state index in [0.717, 1.165) is 11.8 Å². The maximum absolute atomic E-state index is 13.6. The van der Waals surface area contributed by atoms with E-state index < -0.39 is 11.8 Å². The summed E-state index contributed by atoms with van der Waals surface area (Å²) >= 11 is 0. The molecule has 0 aliphatic rings. The Kier molecular flexibility index (Phi) is 3.85. The summed E-state index contributed by atoms with van der Waals surface area (Å²) < 4.78 is 18.8. The van der Waals surface area contributed by atoms with Gasteiger partial charge in [0.1, 0.15) is 11.6 Å². The molecular formula is C14H14FNO3. The Bertz CT molecular complexity index is 566. The lowest BCUT2D eigenvalue weighted by molar-refractivity contribution is 0.0697. The molecule has 2 N–H and O–H groups in total. The highest BCUT2D eigenvalue weighted by molar-refractivity contribution is 5.88. The standard InChI is InChI=1S/C14H14FNO3/c1-9(7-11-3-2-6-19-11)16-13-8-10(14(17)18)4-5-12(13)15/h2-6,8-9,16H,7H2,1H3,(H,17,18). The van der Waals surface area contributed by atoms with Crippen LogP contribution in [0.5, 0.6) is 0 Å². The fourth-order valence-corrected chi connectivity index (χ4v) is 1.82. The quantitative estimate of drug-likeness (QED) is 0.869. The first-order valence-electron chi connectivity index (χ1n) is 5.88. The number of furan rings is 1. The van der Waals surface area contributed by atoms with Gasteiger partial charge >= 0.3 is 5.97 Å². The van der Waals surface area contributed by atoms with Crippen molar-refractivity contribution < 1.29 is 18.7 Å². The minimum Gasteiger partial charge on any atom is -0.478 e. The van der Waals surface area contributed by atoms with Crippen LogP contribution in [0.15, 0.2) is 41.0 Å². The molecule has 0 spiro atoms. The third-order valence-corrected chi connectivity index (χ3v) is 2.70. The molecule has 19 heavy (non-hydrogen) atoms. The molecule has 0 fully saturated rings. The van der Waals surface area contributed by atoms with Crippen LogP contribution in [0.3, 0.4) is 0 Å². The van der Waals surface area contributed by atoms with Crippen molar-refractivity contribution in [3.8, 4) is 0 Å². The highest BCUT2D eigenvalue weighted by Crippen LogP contribution is 2.18. The van der Waals surface area contributed by atoms with Crippen molar-refractivity contribution in [1.82, 2.24) is 0 Å². The summed E-state index contributed by atoms with van der Waals surface area (Å²) in [5.74, 6) is -0.771. The monoisotopic (exact) mass is 263 g/mol. The number of carboxylic acid groups (broad SMARTS) is 1. The molecule has 0 aliphatic carbocycles. The molecule has 0 saturated heterocycles. The van der Waals surface area contributed by atoms with Gasteiger partial charge in [0.05, 0.1) is 17.5 Å². The fourth-order valence-electron chi connectivity index (χ4n) is 1.82. The van der Waals surface area contributed by atoms with Crippen molar-refractivity contribution in [1.29, 1.82) is 0 Å². The maximum atomic E-state index is 13.6. The number of hydrogen-bond acceptors (Lipinski definition) is 3. The lowest BCUT2D eigenvalue weighted by Crippen LogP contribution is -2.19. The van der Waals surface area contributed by atoms with Crippen molar-refractivity contribution in [3.05, 3.63) is 53.7 Å². The van der Waals surface area contributed by atoms with Gasteiger partial charge in [-0.3, -0.25) is 0 Å². The zero-order chi connectivity index (χ0) is 13.8. The van der Waals surface area contributed by atoms with E-state index in [9.17, 15) is 9.18 Å². The lowest BCUT2D eigenvalue weighted by Gasteiger charge is -2.15. The summed E-state index contributed by atoms with van der Waals surface area (Å²) in [6.45, 7) is 1.87. The predicted molar refractivity (Wildman–Crippen MR) is 68.9 cm³/mol. The third kappa shape index (κ3) is 3.34. The van der Waals surface area contributed by atoms with E-state index in [-0.39, 0.29) is 17.3 Å². The van der Waals surface area contributed by atoms with E-state index in [2.05, 4.69) is 5.32 Å². The average Bonchev–Trinajstić information content (AvgIpc) is 2.84. The molecule has 1 atom stereocenters. The van der Waals surface area contributed by atoms with Crippen LogP contribution >= 0.6 is 0 Å². The van der Waals surface area contributed by atoms with E-state index in [1.807, 2.05) is 13.0 Å². The molecule has 0 aliphatic heterocycles. The molecular weight excluding hydrogens is 249 g/mol. The number of benzene rings is 1. The number of carboxylic acids is 1. The molecule has 1 unspecified atom stereocenters. The van der Waals surface area contributed by atoms with Crippen LogP contribution in [0.4, 0.5) is 10.1 Å². The highest BCUT2D eigenvalue weighted by atomic mass is 19.1. The fraction of sp³-hybridized carbons (Fsp3) is 0.214. The van der Waals surface area contributed by atoms with Gasteiger partial charge in [-0.2, -0.15) is 0 Å². The smallest absolute Gasteiger partial charge is 0.335 e. The van der Waals surface area contributed by atoms with Gasteiger partial charge < -0.3 is 14.8 Å². The molecule has 1 aromatic carbocycles. The minimum atomic E-state index is -1.08. The Hall–Kier alpha value is -2.30. The van der Waals surface area contributed by atoms with Gasteiger partial charge in [-0.15, -0.1) is 0 Å². The number of aromatic carboxylic acids is 1. The molecule has 2 rings (SSSR count). The molecule has 2 aromatic rings. The van der Waals surface area contributed by atoms with Crippen molar-refractivity contribution >= 4 is 11.7 Å². The zero-order valence-corrected chi connectivity index (χ0v) is 10.4. The van der Waals surface area contributed by atoms with Gasteiger partial charge in [-0.1, -0.05) is 0 Å². The largest absolute Gasteiger partial charge is 0.478 e. The molecule has 1 aromatic heterocycles. The Labute approximate surface area is 109 Å². The number of rotatable bonds is 5. The number of carbonyl (C=O) groups is 1. The van der Waals surface area contributed by atoms with E-state index >= 15 is 0 Å². The first kappa shape index (κ1) is 13.1. The zero-order valence-electron chi connectivity index (χ0n) is 10.4.